The lowest BCUT2D eigenvalue weighted by molar-refractivity contribution is -0.136. The van der Waals surface area contributed by atoms with E-state index >= 15 is 0 Å². The average Bonchev–Trinajstić information content (AvgIpc) is 3.05. The molecule has 1 fully saturated rings. The quantitative estimate of drug-likeness (QED) is 0.210. The second-order valence-electron chi connectivity index (χ2n) is 10.2. The van der Waals surface area contributed by atoms with Gasteiger partial charge in [0, 0.05) is 24.5 Å². The van der Waals surface area contributed by atoms with Crippen molar-refractivity contribution in [2.45, 2.75) is 61.0 Å². The number of hydrogen-bond donors (Lipinski definition) is 0. The zero-order valence-corrected chi connectivity index (χ0v) is 23.4. The van der Waals surface area contributed by atoms with Crippen LogP contribution in [-0.2, 0) is 16.1 Å². The van der Waals surface area contributed by atoms with Crippen LogP contribution in [0.3, 0.4) is 0 Å². The van der Waals surface area contributed by atoms with E-state index in [1.54, 1.807) is 0 Å². The normalized spacial score (nSPS) is 14.1. The van der Waals surface area contributed by atoms with Crippen molar-refractivity contribution in [2.24, 2.45) is 10.2 Å². The number of hydrogen-bond acceptors (Lipinski definition) is 4. The molecule has 0 radical (unpaired) electrons. The summed E-state index contributed by atoms with van der Waals surface area (Å²) < 4.78 is 5.38. The molecule has 0 saturated carbocycles. The highest BCUT2D eigenvalue weighted by atomic mass is 16.5. The van der Waals surface area contributed by atoms with Gasteiger partial charge in [-0.15, -0.1) is 10.2 Å². The van der Waals surface area contributed by atoms with E-state index in [2.05, 4.69) is 80.7 Å². The number of guanidine groups is 1. The summed E-state index contributed by atoms with van der Waals surface area (Å²) in [6.07, 6.45) is 3.21. The Morgan fingerprint density at radius 3 is 1.74 bits per heavy atom. The molecule has 38 heavy (non-hydrogen) atoms. The fraction of sp³-hybridized carbons (Fsp3) is 0.344. The van der Waals surface area contributed by atoms with Crippen LogP contribution < -0.4 is 9.80 Å². The van der Waals surface area contributed by atoms with E-state index in [0.717, 1.165) is 48.8 Å². The molecule has 0 atom stereocenters. The van der Waals surface area contributed by atoms with Gasteiger partial charge in [-0.1, -0.05) is 65.7 Å². The van der Waals surface area contributed by atoms with Crippen LogP contribution in [0.1, 0.15) is 51.8 Å². The zero-order valence-electron chi connectivity index (χ0n) is 23.4. The number of esters is 1. The molecule has 1 aliphatic rings. The van der Waals surface area contributed by atoms with Gasteiger partial charge in [-0.25, -0.2) is 4.79 Å². The summed E-state index contributed by atoms with van der Waals surface area (Å²) in [4.78, 5) is 17.0. The highest BCUT2D eigenvalue weighted by Gasteiger charge is 2.28. The Labute approximate surface area is 226 Å². The molecule has 3 aromatic carbocycles. The fourth-order valence-corrected chi connectivity index (χ4v) is 5.51. The molecule has 0 spiro atoms. The smallest absolute Gasteiger partial charge is 0.351 e. The van der Waals surface area contributed by atoms with Crippen molar-refractivity contribution in [2.75, 3.05) is 22.9 Å². The van der Waals surface area contributed by atoms with Gasteiger partial charge in [0.1, 0.15) is 12.8 Å². The first-order valence-electron chi connectivity index (χ1n) is 13.3. The maximum absolute atomic E-state index is 12.5. The summed E-state index contributed by atoms with van der Waals surface area (Å²) in [6, 6.07) is 18.5. The van der Waals surface area contributed by atoms with Gasteiger partial charge >= 0.3 is 5.97 Å². The zero-order chi connectivity index (χ0) is 27.2. The van der Waals surface area contributed by atoms with Crippen LogP contribution in [0, 0.1) is 41.5 Å². The topological polar surface area (TPSA) is 57.5 Å². The van der Waals surface area contributed by atoms with Crippen molar-refractivity contribution in [1.82, 2.24) is 0 Å². The molecule has 0 bridgehead atoms. The van der Waals surface area contributed by atoms with E-state index in [4.69, 9.17) is 9.84 Å². The Balaban J connectivity index is 1.73. The number of benzene rings is 3. The Morgan fingerprint density at radius 1 is 0.789 bits per heavy atom. The predicted molar refractivity (Wildman–Crippen MR) is 157 cm³/mol. The summed E-state index contributed by atoms with van der Waals surface area (Å²) in [5.74, 6) is 0.204. The molecule has 6 heteroatoms. The van der Waals surface area contributed by atoms with E-state index < -0.39 is 5.97 Å². The SMILES string of the molecule is Cc1cc(C)c(N2CCCCN(c3c(C)cc(C)cc3C)C2=N/N=C/C(=O)OCc2ccccc2)c(C)c1. The summed E-state index contributed by atoms with van der Waals surface area (Å²) in [6.45, 7) is 14.7. The lowest BCUT2D eigenvalue weighted by Crippen LogP contribution is -2.44. The standard InChI is InChI=1S/C32H38N4O2/c1-22-16-24(3)30(25(4)17-22)35-14-10-11-15-36(31-26(5)18-23(2)19-27(31)6)32(35)34-33-20-29(37)38-21-28-12-8-7-9-13-28/h7-9,12-13,16-20H,10-11,14-15,21H2,1-6H3/b33-20+. The third-order valence-electron chi connectivity index (χ3n) is 6.84. The van der Waals surface area contributed by atoms with Gasteiger partial charge < -0.3 is 14.5 Å². The minimum absolute atomic E-state index is 0.198. The molecule has 4 rings (SSSR count). The molecular formula is C32H38N4O2. The third-order valence-corrected chi connectivity index (χ3v) is 6.84. The number of carbonyl (C=O) groups is 1. The number of ether oxygens (including phenoxy) is 1. The van der Waals surface area contributed by atoms with Gasteiger partial charge in [-0.05, 0) is 82.2 Å². The molecule has 0 amide bonds. The number of rotatable bonds is 6. The lowest BCUT2D eigenvalue weighted by atomic mass is 10.0. The van der Waals surface area contributed by atoms with Crippen LogP contribution in [0.4, 0.5) is 11.4 Å². The first-order valence-corrected chi connectivity index (χ1v) is 13.3. The third kappa shape index (κ3) is 6.31. The van der Waals surface area contributed by atoms with Gasteiger partial charge in [0.2, 0.25) is 5.96 Å². The number of carbonyl (C=O) groups excluding carboxylic acids is 1. The van der Waals surface area contributed by atoms with Crippen molar-refractivity contribution < 1.29 is 9.53 Å². The molecule has 198 valence electrons. The molecule has 0 aliphatic carbocycles. The fourth-order valence-electron chi connectivity index (χ4n) is 5.51. The number of aryl methyl sites for hydroxylation is 6. The first kappa shape index (κ1) is 27.1. The molecular weight excluding hydrogens is 472 g/mol. The van der Waals surface area contributed by atoms with Gasteiger partial charge in [0.05, 0.1) is 0 Å². The molecule has 0 unspecified atom stereocenters. The van der Waals surface area contributed by atoms with Crippen molar-refractivity contribution in [3.63, 3.8) is 0 Å². The monoisotopic (exact) mass is 510 g/mol. The van der Waals surface area contributed by atoms with Crippen LogP contribution in [0.5, 0.6) is 0 Å². The molecule has 0 aromatic heterocycles. The Morgan fingerprint density at radius 2 is 1.26 bits per heavy atom. The van der Waals surface area contributed by atoms with Gasteiger partial charge in [-0.2, -0.15) is 0 Å². The minimum Gasteiger partial charge on any atom is -0.456 e. The van der Waals surface area contributed by atoms with Crippen LogP contribution in [-0.4, -0.2) is 31.2 Å². The van der Waals surface area contributed by atoms with Crippen LogP contribution in [0.15, 0.2) is 64.8 Å². The van der Waals surface area contributed by atoms with Gasteiger partial charge in [0.25, 0.3) is 0 Å². The molecule has 0 N–H and O–H groups in total. The first-order chi connectivity index (χ1) is 18.2. The van der Waals surface area contributed by atoms with Crippen LogP contribution in [0.25, 0.3) is 0 Å². The van der Waals surface area contributed by atoms with Gasteiger partial charge in [0.15, 0.2) is 0 Å². The van der Waals surface area contributed by atoms with E-state index in [-0.39, 0.29) is 6.61 Å². The van der Waals surface area contributed by atoms with E-state index in [1.807, 2.05) is 30.3 Å². The summed E-state index contributed by atoms with van der Waals surface area (Å²) in [7, 11) is 0. The maximum atomic E-state index is 12.5. The van der Waals surface area contributed by atoms with Crippen molar-refractivity contribution in [3.8, 4) is 0 Å². The molecule has 3 aromatic rings. The maximum Gasteiger partial charge on any atom is 0.351 e. The number of nitrogens with zero attached hydrogens (tertiary/aromatic N) is 4. The lowest BCUT2D eigenvalue weighted by Gasteiger charge is -2.34. The predicted octanol–water partition coefficient (Wildman–Crippen LogP) is 6.73. The van der Waals surface area contributed by atoms with Crippen molar-refractivity contribution in [1.29, 1.82) is 0 Å². The highest BCUT2D eigenvalue weighted by Crippen LogP contribution is 2.33. The number of anilines is 2. The minimum atomic E-state index is -0.518. The summed E-state index contributed by atoms with van der Waals surface area (Å²) in [5.41, 5.74) is 10.5. The van der Waals surface area contributed by atoms with E-state index in [1.165, 1.54) is 39.6 Å². The van der Waals surface area contributed by atoms with E-state index in [0.29, 0.717) is 0 Å². The van der Waals surface area contributed by atoms with E-state index in [9.17, 15) is 4.79 Å². The Bertz CT molecular complexity index is 1250. The largest absolute Gasteiger partial charge is 0.456 e. The molecule has 1 heterocycles. The highest BCUT2D eigenvalue weighted by molar-refractivity contribution is 6.23. The second-order valence-corrected chi connectivity index (χ2v) is 10.2. The summed E-state index contributed by atoms with van der Waals surface area (Å²) in [5, 5.41) is 8.96. The van der Waals surface area contributed by atoms with Gasteiger partial charge in [-0.3, -0.25) is 0 Å². The Kier molecular flexibility index (Phi) is 8.62. The second kappa shape index (κ2) is 12.1. The molecule has 1 saturated heterocycles. The van der Waals surface area contributed by atoms with Crippen LogP contribution >= 0.6 is 0 Å². The summed E-state index contributed by atoms with van der Waals surface area (Å²) >= 11 is 0. The van der Waals surface area contributed by atoms with Crippen LogP contribution in [0.2, 0.25) is 0 Å². The van der Waals surface area contributed by atoms with Crippen molar-refractivity contribution >= 4 is 29.5 Å². The van der Waals surface area contributed by atoms with Crippen molar-refractivity contribution in [3.05, 3.63) is 93.5 Å². The molecule has 6 nitrogen and oxygen atoms in total. The Hall–Kier alpha value is -3.93. The average molecular weight is 511 g/mol. The molecule has 1 aliphatic heterocycles.